The van der Waals surface area contributed by atoms with Crippen molar-refractivity contribution in [3.8, 4) is 0 Å². The Morgan fingerprint density at radius 1 is 1.67 bits per heavy atom. The van der Waals surface area contributed by atoms with E-state index in [1.165, 1.54) is 0 Å². The maximum Gasteiger partial charge on any atom is 0.321 e. The smallest absolute Gasteiger partial charge is 0.321 e. The zero-order chi connectivity index (χ0) is 13.8. The molecule has 18 heavy (non-hydrogen) atoms. The van der Waals surface area contributed by atoms with E-state index in [2.05, 4.69) is 16.5 Å². The third-order valence-electron chi connectivity index (χ3n) is 2.87. The first kappa shape index (κ1) is 15.0. The second-order valence-electron chi connectivity index (χ2n) is 4.79. The number of thioether (sulfide) groups is 1. The summed E-state index contributed by atoms with van der Waals surface area (Å²) < 4.78 is 1.59. The van der Waals surface area contributed by atoms with Crippen LogP contribution in [0.1, 0.15) is 32.9 Å². The van der Waals surface area contributed by atoms with Gasteiger partial charge in [-0.05, 0) is 20.3 Å². The van der Waals surface area contributed by atoms with Crippen molar-refractivity contribution in [3.05, 3.63) is 18.2 Å². The molecule has 0 aliphatic carbocycles. The van der Waals surface area contributed by atoms with Crippen molar-refractivity contribution >= 4 is 17.7 Å². The van der Waals surface area contributed by atoms with E-state index >= 15 is 0 Å². The highest BCUT2D eigenvalue weighted by atomic mass is 32.2. The van der Waals surface area contributed by atoms with Crippen LogP contribution < -0.4 is 5.73 Å². The molecule has 0 fully saturated rings. The SMILES string of the molecule is CCCn1cncc1CSC(C)(C)[C@@H](N)C(=O)O. The predicted molar refractivity (Wildman–Crippen MR) is 73.5 cm³/mol. The number of carboxylic acids is 1. The molecule has 0 bridgehead atoms. The second kappa shape index (κ2) is 6.24. The van der Waals surface area contributed by atoms with Gasteiger partial charge in [0.2, 0.25) is 0 Å². The standard InChI is InChI=1S/C12H21N3O2S/c1-4-5-15-8-14-6-9(15)7-18-12(2,3)10(13)11(16)17/h6,8,10H,4-5,7,13H2,1-3H3,(H,16,17)/t10-/m0/s1. The first-order chi connectivity index (χ1) is 8.38. The minimum Gasteiger partial charge on any atom is -0.480 e. The summed E-state index contributed by atoms with van der Waals surface area (Å²) >= 11 is 1.55. The molecule has 1 aromatic rings. The van der Waals surface area contributed by atoms with Crippen molar-refractivity contribution in [1.29, 1.82) is 0 Å². The summed E-state index contributed by atoms with van der Waals surface area (Å²) in [5, 5.41) is 8.96. The molecular formula is C12H21N3O2S. The van der Waals surface area contributed by atoms with Gasteiger partial charge >= 0.3 is 5.97 Å². The lowest BCUT2D eigenvalue weighted by Gasteiger charge is -2.28. The van der Waals surface area contributed by atoms with Gasteiger partial charge in [-0.2, -0.15) is 0 Å². The number of rotatable bonds is 7. The van der Waals surface area contributed by atoms with E-state index in [-0.39, 0.29) is 0 Å². The van der Waals surface area contributed by atoms with Crippen LogP contribution >= 0.6 is 11.8 Å². The Balaban J connectivity index is 2.63. The fourth-order valence-electron chi connectivity index (χ4n) is 1.56. The zero-order valence-electron chi connectivity index (χ0n) is 11.1. The Hall–Kier alpha value is -1.01. The van der Waals surface area contributed by atoms with E-state index in [0.717, 1.165) is 18.7 Å². The van der Waals surface area contributed by atoms with Crippen LogP contribution in [0, 0.1) is 0 Å². The topological polar surface area (TPSA) is 81.1 Å². The van der Waals surface area contributed by atoms with Crippen LogP contribution in [0.25, 0.3) is 0 Å². The van der Waals surface area contributed by atoms with Crippen molar-refractivity contribution in [3.63, 3.8) is 0 Å². The van der Waals surface area contributed by atoms with Gasteiger partial charge in [-0.15, -0.1) is 11.8 Å². The van der Waals surface area contributed by atoms with Crippen LogP contribution in [-0.4, -0.2) is 31.4 Å². The number of hydrogen-bond acceptors (Lipinski definition) is 4. The number of aliphatic carboxylic acids is 1. The minimum atomic E-state index is -0.963. The number of imidazole rings is 1. The fraction of sp³-hybridized carbons (Fsp3) is 0.667. The minimum absolute atomic E-state index is 0.507. The predicted octanol–water partition coefficient (Wildman–Crippen LogP) is 1.72. The van der Waals surface area contributed by atoms with Crippen LogP contribution in [0.4, 0.5) is 0 Å². The molecule has 0 unspecified atom stereocenters. The summed E-state index contributed by atoms with van der Waals surface area (Å²) in [5.41, 5.74) is 6.79. The third-order valence-corrected chi connectivity index (χ3v) is 4.31. The lowest BCUT2D eigenvalue weighted by atomic mass is 10.1. The molecule has 0 amide bonds. The quantitative estimate of drug-likeness (QED) is 0.789. The Kier molecular flexibility index (Phi) is 5.22. The first-order valence-corrected chi connectivity index (χ1v) is 6.98. The maximum absolute atomic E-state index is 10.9. The Bertz CT molecular complexity index is 404. The number of carboxylic acid groups (broad SMARTS) is 1. The van der Waals surface area contributed by atoms with Crippen molar-refractivity contribution in [2.75, 3.05) is 0 Å². The van der Waals surface area contributed by atoms with Crippen LogP contribution in [0.3, 0.4) is 0 Å². The molecule has 0 aromatic carbocycles. The highest BCUT2D eigenvalue weighted by Crippen LogP contribution is 2.30. The number of carbonyl (C=O) groups is 1. The maximum atomic E-state index is 10.9. The Morgan fingerprint density at radius 2 is 2.33 bits per heavy atom. The molecular weight excluding hydrogens is 250 g/mol. The highest BCUT2D eigenvalue weighted by molar-refractivity contribution is 7.99. The average Bonchev–Trinajstić information content (AvgIpc) is 2.73. The molecule has 6 heteroatoms. The van der Waals surface area contributed by atoms with E-state index in [1.807, 2.05) is 26.4 Å². The molecule has 0 aliphatic rings. The summed E-state index contributed by atoms with van der Waals surface area (Å²) in [7, 11) is 0. The van der Waals surface area contributed by atoms with Crippen LogP contribution in [0.5, 0.6) is 0 Å². The summed E-state index contributed by atoms with van der Waals surface area (Å²) in [6.45, 7) is 6.76. The Labute approximate surface area is 112 Å². The van der Waals surface area contributed by atoms with Gasteiger partial charge in [0.15, 0.2) is 0 Å². The van der Waals surface area contributed by atoms with Crippen molar-refractivity contribution in [1.82, 2.24) is 9.55 Å². The number of hydrogen-bond donors (Lipinski definition) is 2. The summed E-state index contributed by atoms with van der Waals surface area (Å²) in [6, 6.07) is -0.870. The molecule has 0 aliphatic heterocycles. The van der Waals surface area contributed by atoms with Crippen molar-refractivity contribution < 1.29 is 9.90 Å². The number of nitrogens with two attached hydrogens (primary N) is 1. The zero-order valence-corrected chi connectivity index (χ0v) is 11.9. The van der Waals surface area contributed by atoms with Crippen molar-refractivity contribution in [2.45, 2.75) is 50.3 Å². The third kappa shape index (κ3) is 3.74. The van der Waals surface area contributed by atoms with Gasteiger partial charge in [0.1, 0.15) is 6.04 Å². The lowest BCUT2D eigenvalue weighted by molar-refractivity contribution is -0.139. The van der Waals surface area contributed by atoms with Gasteiger partial charge in [-0.25, -0.2) is 4.98 Å². The molecule has 102 valence electrons. The molecule has 1 rings (SSSR count). The van der Waals surface area contributed by atoms with Gasteiger partial charge in [-0.1, -0.05) is 6.92 Å². The molecule has 0 saturated heterocycles. The fourth-order valence-corrected chi connectivity index (χ4v) is 2.60. The van der Waals surface area contributed by atoms with E-state index in [1.54, 1.807) is 11.8 Å². The summed E-state index contributed by atoms with van der Waals surface area (Å²) in [6.07, 6.45) is 4.68. The highest BCUT2D eigenvalue weighted by Gasteiger charge is 2.32. The first-order valence-electron chi connectivity index (χ1n) is 5.99. The normalized spacial score (nSPS) is 13.6. The molecule has 5 nitrogen and oxygen atoms in total. The van der Waals surface area contributed by atoms with E-state index in [0.29, 0.717) is 5.75 Å². The molecule has 1 atom stereocenters. The molecule has 0 spiro atoms. The number of aryl methyl sites for hydroxylation is 1. The van der Waals surface area contributed by atoms with Crippen LogP contribution in [-0.2, 0) is 17.1 Å². The molecule has 3 N–H and O–H groups in total. The summed E-state index contributed by atoms with van der Waals surface area (Å²) in [5.74, 6) is -0.247. The molecule has 1 heterocycles. The van der Waals surface area contributed by atoms with E-state index in [9.17, 15) is 4.79 Å². The number of nitrogens with zero attached hydrogens (tertiary/aromatic N) is 2. The lowest BCUT2D eigenvalue weighted by Crippen LogP contribution is -2.46. The van der Waals surface area contributed by atoms with Crippen molar-refractivity contribution in [2.24, 2.45) is 5.73 Å². The van der Waals surface area contributed by atoms with Crippen LogP contribution in [0.15, 0.2) is 12.5 Å². The van der Waals surface area contributed by atoms with E-state index < -0.39 is 16.8 Å². The van der Waals surface area contributed by atoms with Gasteiger partial charge in [0, 0.05) is 28.9 Å². The van der Waals surface area contributed by atoms with Crippen LogP contribution in [0.2, 0.25) is 0 Å². The Morgan fingerprint density at radius 3 is 2.89 bits per heavy atom. The van der Waals surface area contributed by atoms with Gasteiger partial charge in [-0.3, -0.25) is 4.79 Å². The molecule has 0 saturated carbocycles. The summed E-state index contributed by atoms with van der Waals surface area (Å²) in [4.78, 5) is 15.0. The monoisotopic (exact) mass is 271 g/mol. The van der Waals surface area contributed by atoms with Gasteiger partial charge in [0.05, 0.1) is 6.33 Å². The molecule has 1 aromatic heterocycles. The second-order valence-corrected chi connectivity index (χ2v) is 6.42. The molecule has 0 radical (unpaired) electrons. The van der Waals surface area contributed by atoms with Gasteiger partial charge in [0.25, 0.3) is 0 Å². The van der Waals surface area contributed by atoms with E-state index in [4.69, 9.17) is 10.8 Å². The largest absolute Gasteiger partial charge is 0.480 e. The van der Waals surface area contributed by atoms with Gasteiger partial charge < -0.3 is 15.4 Å². The average molecular weight is 271 g/mol. The number of aromatic nitrogens is 2.